The predicted molar refractivity (Wildman–Crippen MR) is 112 cm³/mol. The van der Waals surface area contributed by atoms with Crippen LogP contribution < -0.4 is 10.6 Å². The zero-order valence-electron chi connectivity index (χ0n) is 17.0. The van der Waals surface area contributed by atoms with Crippen molar-refractivity contribution >= 4 is 35.6 Å². The molecule has 1 aliphatic rings. The number of carbonyl (C=O) groups excluding carboxylic acids is 3. The maximum Gasteiger partial charge on any atom is 0.408 e. The van der Waals surface area contributed by atoms with E-state index in [9.17, 15) is 14.4 Å². The number of alkyl carbamates (subject to hydrolysis) is 1. The quantitative estimate of drug-likeness (QED) is 0.715. The van der Waals surface area contributed by atoms with Gasteiger partial charge in [0.15, 0.2) is 0 Å². The van der Waals surface area contributed by atoms with Gasteiger partial charge in [-0.1, -0.05) is 29.8 Å². The average molecular weight is 422 g/mol. The van der Waals surface area contributed by atoms with Gasteiger partial charge >= 0.3 is 6.09 Å². The molecule has 2 rings (SSSR count). The van der Waals surface area contributed by atoms with Crippen molar-refractivity contribution in [3.8, 4) is 0 Å². The van der Waals surface area contributed by atoms with Crippen LogP contribution in [-0.4, -0.2) is 54.1 Å². The lowest BCUT2D eigenvalue weighted by molar-refractivity contribution is -0.127. The lowest BCUT2D eigenvalue weighted by Crippen LogP contribution is -2.48. The smallest absolute Gasteiger partial charge is 0.408 e. The van der Waals surface area contributed by atoms with Gasteiger partial charge in [-0.3, -0.25) is 9.59 Å². The van der Waals surface area contributed by atoms with Gasteiger partial charge in [0.25, 0.3) is 0 Å². The molecule has 0 aromatic heterocycles. The van der Waals surface area contributed by atoms with Crippen LogP contribution in [0, 0.1) is 0 Å². The van der Waals surface area contributed by atoms with Gasteiger partial charge in [-0.05, 0) is 51.3 Å². The Balaban J connectivity index is 1.72. The van der Waals surface area contributed by atoms with Gasteiger partial charge in [0.2, 0.25) is 11.8 Å². The third-order valence-electron chi connectivity index (χ3n) is 4.27. The fraction of sp³-hybridized carbons (Fsp3) is 0.476. The van der Waals surface area contributed by atoms with Gasteiger partial charge in [0.1, 0.15) is 12.1 Å². The van der Waals surface area contributed by atoms with Crippen molar-refractivity contribution in [2.24, 2.45) is 0 Å². The van der Waals surface area contributed by atoms with Crippen LogP contribution in [0.2, 0.25) is 5.02 Å². The SMILES string of the molecule is CC(C)(C)OC(=O)NCC(=O)NC1CCN(C(=O)/C=C/c2ccccc2Cl)CC1. The number of amides is 3. The van der Waals surface area contributed by atoms with E-state index in [2.05, 4.69) is 10.6 Å². The zero-order valence-corrected chi connectivity index (χ0v) is 17.8. The number of nitrogens with one attached hydrogen (secondary N) is 2. The van der Waals surface area contributed by atoms with Crippen molar-refractivity contribution in [2.45, 2.75) is 45.3 Å². The van der Waals surface area contributed by atoms with Crippen LogP contribution >= 0.6 is 11.6 Å². The monoisotopic (exact) mass is 421 g/mol. The van der Waals surface area contributed by atoms with Crippen molar-refractivity contribution in [2.75, 3.05) is 19.6 Å². The van der Waals surface area contributed by atoms with Crippen LogP contribution in [0.15, 0.2) is 30.3 Å². The molecule has 0 atom stereocenters. The largest absolute Gasteiger partial charge is 0.444 e. The van der Waals surface area contributed by atoms with Gasteiger partial charge in [0, 0.05) is 30.2 Å². The van der Waals surface area contributed by atoms with E-state index in [0.717, 1.165) is 5.56 Å². The second-order valence-corrected chi connectivity index (χ2v) is 8.28. The highest BCUT2D eigenvalue weighted by molar-refractivity contribution is 6.32. The lowest BCUT2D eigenvalue weighted by Gasteiger charge is -2.31. The van der Waals surface area contributed by atoms with Gasteiger partial charge < -0.3 is 20.3 Å². The van der Waals surface area contributed by atoms with Gasteiger partial charge in [0.05, 0.1) is 0 Å². The number of halogens is 1. The van der Waals surface area contributed by atoms with Crippen LogP contribution in [0.1, 0.15) is 39.2 Å². The third-order valence-corrected chi connectivity index (χ3v) is 4.62. The number of benzene rings is 1. The van der Waals surface area contributed by atoms with Crippen LogP contribution in [-0.2, 0) is 14.3 Å². The number of nitrogens with zero attached hydrogens (tertiary/aromatic N) is 1. The normalized spacial score (nSPS) is 15.2. The lowest BCUT2D eigenvalue weighted by atomic mass is 10.0. The van der Waals surface area contributed by atoms with Crippen molar-refractivity contribution in [3.63, 3.8) is 0 Å². The number of rotatable bonds is 5. The highest BCUT2D eigenvalue weighted by Gasteiger charge is 2.23. The minimum atomic E-state index is -0.627. The van der Waals surface area contributed by atoms with Crippen molar-refractivity contribution < 1.29 is 19.1 Å². The van der Waals surface area contributed by atoms with E-state index in [-0.39, 0.29) is 24.4 Å². The molecular formula is C21H28ClN3O4. The molecule has 1 saturated heterocycles. The fourth-order valence-corrected chi connectivity index (χ4v) is 3.07. The molecule has 1 fully saturated rings. The molecule has 0 spiro atoms. The molecule has 2 N–H and O–H groups in total. The molecule has 1 aromatic rings. The summed E-state index contributed by atoms with van der Waals surface area (Å²) in [6, 6.07) is 7.29. The van der Waals surface area contributed by atoms with Crippen LogP contribution in [0.4, 0.5) is 4.79 Å². The first-order chi connectivity index (χ1) is 13.6. The zero-order chi connectivity index (χ0) is 21.4. The molecule has 0 bridgehead atoms. The number of hydrogen-bond acceptors (Lipinski definition) is 4. The minimum absolute atomic E-state index is 0.0282. The Kier molecular flexibility index (Phi) is 8.08. The minimum Gasteiger partial charge on any atom is -0.444 e. The first kappa shape index (κ1) is 22.7. The maximum absolute atomic E-state index is 12.4. The molecule has 158 valence electrons. The highest BCUT2D eigenvalue weighted by Crippen LogP contribution is 2.17. The Hall–Kier alpha value is -2.54. The summed E-state index contributed by atoms with van der Waals surface area (Å²) >= 11 is 6.09. The van der Waals surface area contributed by atoms with Crippen molar-refractivity contribution in [3.05, 3.63) is 40.9 Å². The number of likely N-dealkylation sites (tertiary alicyclic amines) is 1. The van der Waals surface area contributed by atoms with Crippen LogP contribution in [0.25, 0.3) is 6.08 Å². The van der Waals surface area contributed by atoms with E-state index >= 15 is 0 Å². The Labute approximate surface area is 176 Å². The van der Waals surface area contributed by atoms with E-state index in [0.29, 0.717) is 31.0 Å². The Morgan fingerprint density at radius 3 is 2.48 bits per heavy atom. The first-order valence-corrected chi connectivity index (χ1v) is 9.99. The molecule has 0 radical (unpaired) electrons. The summed E-state index contributed by atoms with van der Waals surface area (Å²) in [7, 11) is 0. The molecule has 0 saturated carbocycles. The summed E-state index contributed by atoms with van der Waals surface area (Å²) in [4.78, 5) is 37.7. The van der Waals surface area contributed by atoms with E-state index in [1.54, 1.807) is 37.8 Å². The van der Waals surface area contributed by atoms with Gasteiger partial charge in [-0.25, -0.2) is 4.79 Å². The molecule has 29 heavy (non-hydrogen) atoms. The second-order valence-electron chi connectivity index (χ2n) is 7.88. The molecule has 1 aromatic carbocycles. The average Bonchev–Trinajstić information content (AvgIpc) is 2.65. The second kappa shape index (κ2) is 10.3. The molecule has 3 amide bonds. The summed E-state index contributed by atoms with van der Waals surface area (Å²) in [5.74, 6) is -0.361. The first-order valence-electron chi connectivity index (χ1n) is 9.62. The molecule has 0 unspecified atom stereocenters. The maximum atomic E-state index is 12.4. The molecular weight excluding hydrogens is 394 g/mol. The number of hydrogen-bond donors (Lipinski definition) is 2. The third kappa shape index (κ3) is 8.15. The van der Waals surface area contributed by atoms with Crippen molar-refractivity contribution in [1.29, 1.82) is 0 Å². The fourth-order valence-electron chi connectivity index (χ4n) is 2.87. The standard InChI is InChI=1S/C21H28ClN3O4/c1-21(2,3)29-20(28)23-14-18(26)24-16-10-12-25(13-11-16)19(27)9-8-15-6-4-5-7-17(15)22/h4-9,16H,10-14H2,1-3H3,(H,23,28)(H,24,26)/b9-8+. The summed E-state index contributed by atoms with van der Waals surface area (Å²) < 4.78 is 5.09. The Morgan fingerprint density at radius 2 is 1.86 bits per heavy atom. The summed E-state index contributed by atoms with van der Waals surface area (Å²) in [5.41, 5.74) is 0.183. The molecule has 1 heterocycles. The number of carbonyl (C=O) groups is 3. The highest BCUT2D eigenvalue weighted by atomic mass is 35.5. The number of ether oxygens (including phenoxy) is 1. The Morgan fingerprint density at radius 1 is 1.21 bits per heavy atom. The van der Waals surface area contributed by atoms with Crippen LogP contribution in [0.5, 0.6) is 0 Å². The van der Waals surface area contributed by atoms with E-state index in [1.807, 2.05) is 18.2 Å². The van der Waals surface area contributed by atoms with Gasteiger partial charge in [-0.15, -0.1) is 0 Å². The van der Waals surface area contributed by atoms with E-state index < -0.39 is 11.7 Å². The summed E-state index contributed by atoms with van der Waals surface area (Å²) in [6.45, 7) is 6.23. The molecule has 0 aliphatic carbocycles. The van der Waals surface area contributed by atoms with Gasteiger partial charge in [-0.2, -0.15) is 0 Å². The van der Waals surface area contributed by atoms with E-state index in [1.165, 1.54) is 6.08 Å². The molecule has 7 nitrogen and oxygen atoms in total. The Bertz CT molecular complexity index is 765. The number of piperidine rings is 1. The van der Waals surface area contributed by atoms with Crippen LogP contribution in [0.3, 0.4) is 0 Å². The predicted octanol–water partition coefficient (Wildman–Crippen LogP) is 2.99. The molecule has 1 aliphatic heterocycles. The topological polar surface area (TPSA) is 87.7 Å². The summed E-state index contributed by atoms with van der Waals surface area (Å²) in [6.07, 6.45) is 3.91. The molecule has 8 heteroatoms. The van der Waals surface area contributed by atoms with E-state index in [4.69, 9.17) is 16.3 Å². The summed E-state index contributed by atoms with van der Waals surface area (Å²) in [5, 5.41) is 5.91. The van der Waals surface area contributed by atoms with Crippen molar-refractivity contribution in [1.82, 2.24) is 15.5 Å².